The summed E-state index contributed by atoms with van der Waals surface area (Å²) in [4.78, 5) is 11.2. The fourth-order valence-corrected chi connectivity index (χ4v) is 5.50. The van der Waals surface area contributed by atoms with E-state index in [9.17, 15) is 19.0 Å². The molecule has 2 fully saturated rings. The van der Waals surface area contributed by atoms with Gasteiger partial charge in [-0.2, -0.15) is 8.78 Å². The lowest BCUT2D eigenvalue weighted by atomic mass is 9.85. The summed E-state index contributed by atoms with van der Waals surface area (Å²) in [5.41, 5.74) is 2.78. The van der Waals surface area contributed by atoms with Gasteiger partial charge < -0.3 is 29.9 Å². The van der Waals surface area contributed by atoms with Gasteiger partial charge in [0.25, 0.3) is 0 Å². The Balaban J connectivity index is 1.48. The van der Waals surface area contributed by atoms with Crippen LogP contribution >= 0.6 is 0 Å². The molecule has 40 heavy (non-hydrogen) atoms. The molecule has 0 radical (unpaired) electrons. The van der Waals surface area contributed by atoms with Gasteiger partial charge >= 0.3 is 6.61 Å². The summed E-state index contributed by atoms with van der Waals surface area (Å²) in [6.45, 7) is 3.90. The lowest BCUT2D eigenvalue weighted by Gasteiger charge is -2.39. The van der Waals surface area contributed by atoms with Crippen LogP contribution < -0.4 is 10.2 Å². The Morgan fingerprint density at radius 1 is 1.20 bits per heavy atom. The molecule has 0 spiro atoms. The number of pyridine rings is 1. The Bertz CT molecular complexity index is 1290. The van der Waals surface area contributed by atoms with Crippen molar-refractivity contribution in [3.8, 4) is 11.1 Å². The molecule has 5 rings (SSSR count). The standard InChI is InChI=1S/C28H38F2N6O4/c1-17(16-40-26(29)30)33-27-32-14-23-21(13-22(36(23)34-27)18-4-6-20(37)7-5-18)19-8-9-31-25(12-19)35-10-11-39-24(15-35)28(2,3)38/h8-9,12-14,17-18,20,24,26,37-38H,4-7,10-11,15-16H2,1-3H3,(H,33,34)/t17-,18?,20?,24?/m0/s1. The minimum Gasteiger partial charge on any atom is -0.393 e. The molecule has 3 aromatic heterocycles. The molecule has 3 N–H and O–H groups in total. The molecule has 4 heterocycles. The third kappa shape index (κ3) is 6.51. The summed E-state index contributed by atoms with van der Waals surface area (Å²) in [5, 5.41) is 28.4. The van der Waals surface area contributed by atoms with Crippen LogP contribution in [-0.2, 0) is 9.47 Å². The summed E-state index contributed by atoms with van der Waals surface area (Å²) in [6.07, 6.45) is 6.04. The number of aromatic nitrogens is 4. The summed E-state index contributed by atoms with van der Waals surface area (Å²) < 4.78 is 37.1. The number of alkyl halides is 2. The molecule has 2 atom stereocenters. The highest BCUT2D eigenvalue weighted by Crippen LogP contribution is 2.38. The molecular formula is C28H38F2N6O4. The van der Waals surface area contributed by atoms with E-state index in [0.717, 1.165) is 53.8 Å². The first kappa shape index (κ1) is 28.6. The van der Waals surface area contributed by atoms with E-state index in [0.29, 0.717) is 25.6 Å². The molecule has 3 aromatic rings. The summed E-state index contributed by atoms with van der Waals surface area (Å²) in [6, 6.07) is 5.71. The molecule has 0 aromatic carbocycles. The van der Waals surface area contributed by atoms with Crippen LogP contribution in [0.25, 0.3) is 16.6 Å². The molecule has 2 aliphatic rings. The summed E-state index contributed by atoms with van der Waals surface area (Å²) >= 11 is 0. The smallest absolute Gasteiger partial charge is 0.345 e. The zero-order valence-corrected chi connectivity index (χ0v) is 23.1. The van der Waals surface area contributed by atoms with Gasteiger partial charge in [-0.25, -0.2) is 14.5 Å². The molecule has 10 nitrogen and oxygen atoms in total. The molecule has 1 saturated heterocycles. The first-order valence-electron chi connectivity index (χ1n) is 13.9. The Labute approximate surface area is 232 Å². The number of rotatable bonds is 9. The van der Waals surface area contributed by atoms with E-state index < -0.39 is 18.3 Å². The number of aliphatic hydroxyl groups is 2. The number of anilines is 2. The van der Waals surface area contributed by atoms with Crippen molar-refractivity contribution >= 4 is 17.3 Å². The second-order valence-electron chi connectivity index (χ2n) is 11.4. The number of fused-ring (bicyclic) bond motifs is 1. The third-order valence-electron chi connectivity index (χ3n) is 7.74. The number of nitrogens with one attached hydrogen (secondary N) is 1. The van der Waals surface area contributed by atoms with Crippen LogP contribution in [0.3, 0.4) is 0 Å². The van der Waals surface area contributed by atoms with Gasteiger partial charge in [0.05, 0.1) is 36.6 Å². The van der Waals surface area contributed by atoms with Gasteiger partial charge in [0.1, 0.15) is 11.9 Å². The normalized spacial score (nSPS) is 23.1. The zero-order valence-electron chi connectivity index (χ0n) is 23.1. The second-order valence-corrected chi connectivity index (χ2v) is 11.4. The van der Waals surface area contributed by atoms with Crippen LogP contribution in [-0.4, -0.2) is 86.6 Å². The van der Waals surface area contributed by atoms with E-state index in [1.807, 2.05) is 16.6 Å². The van der Waals surface area contributed by atoms with Crippen LogP contribution in [0.4, 0.5) is 20.5 Å². The summed E-state index contributed by atoms with van der Waals surface area (Å²) in [5.74, 6) is 1.32. The van der Waals surface area contributed by atoms with Gasteiger partial charge in [-0.3, -0.25) is 0 Å². The predicted octanol–water partition coefficient (Wildman–Crippen LogP) is 3.83. The van der Waals surface area contributed by atoms with Gasteiger partial charge in [-0.15, -0.1) is 5.10 Å². The highest BCUT2D eigenvalue weighted by molar-refractivity contribution is 5.82. The van der Waals surface area contributed by atoms with Crippen molar-refractivity contribution in [3.05, 3.63) is 36.3 Å². The molecular weight excluding hydrogens is 522 g/mol. The van der Waals surface area contributed by atoms with E-state index in [1.54, 1.807) is 33.2 Å². The molecule has 1 saturated carbocycles. The van der Waals surface area contributed by atoms with Crippen LogP contribution in [0, 0.1) is 0 Å². The number of nitrogens with zero attached hydrogens (tertiary/aromatic N) is 5. The average Bonchev–Trinajstić information content (AvgIpc) is 3.31. The highest BCUT2D eigenvalue weighted by atomic mass is 19.3. The Hall–Kier alpha value is -2.93. The van der Waals surface area contributed by atoms with E-state index in [2.05, 4.69) is 31.0 Å². The SMILES string of the molecule is C[C@@H](COC(F)F)Nc1ncc2c(-c3ccnc(N4CCOC(C(C)(C)O)C4)c3)cc(C3CCC(O)CC3)n2n1. The van der Waals surface area contributed by atoms with Gasteiger partial charge in [-0.05, 0) is 70.2 Å². The van der Waals surface area contributed by atoms with Crippen molar-refractivity contribution in [2.45, 2.75) is 82.8 Å². The van der Waals surface area contributed by atoms with E-state index >= 15 is 0 Å². The van der Waals surface area contributed by atoms with Gasteiger partial charge in [0.2, 0.25) is 5.95 Å². The Kier molecular flexibility index (Phi) is 8.50. The van der Waals surface area contributed by atoms with E-state index in [-0.39, 0.29) is 24.7 Å². The first-order chi connectivity index (χ1) is 19.1. The van der Waals surface area contributed by atoms with E-state index in [1.165, 1.54) is 0 Å². The minimum absolute atomic E-state index is 0.182. The van der Waals surface area contributed by atoms with Crippen molar-refractivity contribution in [2.24, 2.45) is 0 Å². The number of hydrogen-bond donors (Lipinski definition) is 3. The molecule has 12 heteroatoms. The summed E-state index contributed by atoms with van der Waals surface area (Å²) in [7, 11) is 0. The molecule has 0 amide bonds. The monoisotopic (exact) mass is 560 g/mol. The number of aliphatic hydroxyl groups excluding tert-OH is 1. The quantitative estimate of drug-likeness (QED) is 0.359. The fourth-order valence-electron chi connectivity index (χ4n) is 5.50. The lowest BCUT2D eigenvalue weighted by Crippen LogP contribution is -2.52. The molecule has 1 aliphatic heterocycles. The fraction of sp³-hybridized carbons (Fsp3) is 0.607. The van der Waals surface area contributed by atoms with Crippen molar-refractivity contribution in [1.29, 1.82) is 0 Å². The average molecular weight is 561 g/mol. The molecule has 0 bridgehead atoms. The molecule has 218 valence electrons. The van der Waals surface area contributed by atoms with Gasteiger partial charge in [-0.1, -0.05) is 0 Å². The third-order valence-corrected chi connectivity index (χ3v) is 7.74. The van der Waals surface area contributed by atoms with E-state index in [4.69, 9.17) is 9.84 Å². The minimum atomic E-state index is -2.84. The Morgan fingerprint density at radius 3 is 2.70 bits per heavy atom. The maximum Gasteiger partial charge on any atom is 0.345 e. The number of ether oxygens (including phenoxy) is 2. The first-order valence-corrected chi connectivity index (χ1v) is 13.9. The number of hydrogen-bond acceptors (Lipinski definition) is 9. The van der Waals surface area contributed by atoms with Crippen LogP contribution in [0.5, 0.6) is 0 Å². The van der Waals surface area contributed by atoms with Crippen LogP contribution in [0.1, 0.15) is 58.1 Å². The molecule has 1 unspecified atom stereocenters. The van der Waals surface area contributed by atoms with Crippen molar-refractivity contribution in [3.63, 3.8) is 0 Å². The van der Waals surface area contributed by atoms with Gasteiger partial charge in [0, 0.05) is 42.5 Å². The second kappa shape index (κ2) is 11.9. The topological polar surface area (TPSA) is 117 Å². The van der Waals surface area contributed by atoms with Crippen LogP contribution in [0.2, 0.25) is 0 Å². The van der Waals surface area contributed by atoms with Gasteiger partial charge in [0.15, 0.2) is 0 Å². The van der Waals surface area contributed by atoms with Crippen LogP contribution in [0.15, 0.2) is 30.6 Å². The molecule has 1 aliphatic carbocycles. The largest absolute Gasteiger partial charge is 0.393 e. The van der Waals surface area contributed by atoms with Crippen molar-refractivity contribution < 1.29 is 28.5 Å². The predicted molar refractivity (Wildman–Crippen MR) is 147 cm³/mol. The number of morpholine rings is 1. The maximum atomic E-state index is 12.5. The van der Waals surface area contributed by atoms with Crippen molar-refractivity contribution in [1.82, 2.24) is 19.6 Å². The lowest BCUT2D eigenvalue weighted by molar-refractivity contribution is -0.130. The maximum absolute atomic E-state index is 12.5. The Morgan fingerprint density at radius 2 is 1.98 bits per heavy atom. The highest BCUT2D eigenvalue weighted by Gasteiger charge is 2.33. The zero-order chi connectivity index (χ0) is 28.4. The number of halogens is 2. The van der Waals surface area contributed by atoms with Crippen molar-refractivity contribution in [2.75, 3.05) is 36.5 Å².